The lowest BCUT2D eigenvalue weighted by molar-refractivity contribution is 0.0618. The van der Waals surface area contributed by atoms with Crippen LogP contribution in [0.4, 0.5) is 0 Å². The Morgan fingerprint density at radius 2 is 1.72 bits per heavy atom. The lowest BCUT2D eigenvalue weighted by atomic mass is 10.1. The molecule has 1 aliphatic rings. The molecule has 1 amide bonds. The molecule has 3 aromatic rings. The van der Waals surface area contributed by atoms with Gasteiger partial charge in [-0.25, -0.2) is 0 Å². The highest BCUT2D eigenvalue weighted by atomic mass is 16.5. The van der Waals surface area contributed by atoms with Crippen LogP contribution in [0.25, 0.3) is 10.9 Å². The Labute approximate surface area is 171 Å². The zero-order valence-electron chi connectivity index (χ0n) is 17.2. The quantitative estimate of drug-likeness (QED) is 0.668. The normalized spacial score (nSPS) is 14.9. The molecule has 0 spiro atoms. The lowest BCUT2D eigenvalue weighted by Crippen LogP contribution is -2.48. The van der Waals surface area contributed by atoms with Crippen LogP contribution in [0.5, 0.6) is 11.5 Å². The number of rotatable bonds is 5. The topological polar surface area (TPSA) is 46.9 Å². The molecule has 1 aromatic heterocycles. The van der Waals surface area contributed by atoms with Crippen LogP contribution in [0.3, 0.4) is 0 Å². The average Bonchev–Trinajstić information content (AvgIpc) is 3.10. The SMILES string of the molecule is COc1ccc(OC)c(CN2CCN(C(=O)c3cc4ccccc4n3C)CC2)c1. The molecule has 1 fully saturated rings. The van der Waals surface area contributed by atoms with E-state index in [1.165, 1.54) is 0 Å². The third-order valence-electron chi connectivity index (χ3n) is 5.71. The number of carbonyl (C=O) groups is 1. The van der Waals surface area contributed by atoms with Crippen molar-refractivity contribution in [2.24, 2.45) is 7.05 Å². The molecule has 0 N–H and O–H groups in total. The van der Waals surface area contributed by atoms with Gasteiger partial charge in [-0.1, -0.05) is 18.2 Å². The Morgan fingerprint density at radius 3 is 2.41 bits per heavy atom. The molecule has 6 heteroatoms. The molecule has 0 radical (unpaired) electrons. The largest absolute Gasteiger partial charge is 0.497 e. The van der Waals surface area contributed by atoms with Gasteiger partial charge in [-0.3, -0.25) is 9.69 Å². The minimum absolute atomic E-state index is 0.0994. The average molecular weight is 393 g/mol. The van der Waals surface area contributed by atoms with Crippen LogP contribution in [0.15, 0.2) is 48.5 Å². The van der Waals surface area contributed by atoms with E-state index in [1.807, 2.05) is 65.0 Å². The first-order valence-corrected chi connectivity index (χ1v) is 9.87. The van der Waals surface area contributed by atoms with E-state index in [0.29, 0.717) is 13.1 Å². The van der Waals surface area contributed by atoms with E-state index in [-0.39, 0.29) is 5.91 Å². The van der Waals surface area contributed by atoms with E-state index < -0.39 is 0 Å². The summed E-state index contributed by atoms with van der Waals surface area (Å²) in [5, 5.41) is 1.10. The van der Waals surface area contributed by atoms with E-state index in [1.54, 1.807) is 14.2 Å². The molecule has 0 saturated carbocycles. The number of aromatic nitrogens is 1. The second-order valence-electron chi connectivity index (χ2n) is 7.39. The van der Waals surface area contributed by atoms with Gasteiger partial charge in [0.15, 0.2) is 0 Å². The summed E-state index contributed by atoms with van der Waals surface area (Å²) < 4.78 is 12.8. The van der Waals surface area contributed by atoms with Crippen LogP contribution < -0.4 is 9.47 Å². The van der Waals surface area contributed by atoms with Gasteiger partial charge in [0.1, 0.15) is 17.2 Å². The van der Waals surface area contributed by atoms with Crippen LogP contribution >= 0.6 is 0 Å². The fraction of sp³-hybridized carbons (Fsp3) is 0.348. The summed E-state index contributed by atoms with van der Waals surface area (Å²) in [6.07, 6.45) is 0. The van der Waals surface area contributed by atoms with Gasteiger partial charge in [0.2, 0.25) is 0 Å². The summed E-state index contributed by atoms with van der Waals surface area (Å²) in [5.41, 5.74) is 2.93. The molecule has 0 atom stereocenters. The van der Waals surface area contributed by atoms with Crippen molar-refractivity contribution in [3.05, 3.63) is 59.8 Å². The van der Waals surface area contributed by atoms with Crippen molar-refractivity contribution in [1.29, 1.82) is 0 Å². The number of fused-ring (bicyclic) bond motifs is 1. The molecule has 0 aliphatic carbocycles. The second-order valence-corrected chi connectivity index (χ2v) is 7.39. The molecule has 6 nitrogen and oxygen atoms in total. The number of nitrogens with zero attached hydrogens (tertiary/aromatic N) is 3. The first-order valence-electron chi connectivity index (χ1n) is 9.87. The van der Waals surface area contributed by atoms with E-state index in [2.05, 4.69) is 4.90 Å². The molecular weight excluding hydrogens is 366 g/mol. The summed E-state index contributed by atoms with van der Waals surface area (Å²) in [4.78, 5) is 17.4. The molecule has 0 unspecified atom stereocenters. The number of hydrogen-bond acceptors (Lipinski definition) is 4. The summed E-state index contributed by atoms with van der Waals surface area (Å²) in [7, 11) is 5.32. The number of benzene rings is 2. The molecule has 1 aliphatic heterocycles. The Balaban J connectivity index is 1.43. The van der Waals surface area contributed by atoms with Crippen LogP contribution in [-0.2, 0) is 13.6 Å². The number of aryl methyl sites for hydroxylation is 1. The number of hydrogen-bond donors (Lipinski definition) is 0. The minimum Gasteiger partial charge on any atom is -0.497 e. The predicted molar refractivity (Wildman–Crippen MR) is 114 cm³/mol. The zero-order valence-corrected chi connectivity index (χ0v) is 17.2. The zero-order chi connectivity index (χ0) is 20.4. The van der Waals surface area contributed by atoms with Crippen molar-refractivity contribution in [2.75, 3.05) is 40.4 Å². The molecule has 0 bridgehead atoms. The van der Waals surface area contributed by atoms with E-state index >= 15 is 0 Å². The Kier molecular flexibility index (Phi) is 5.45. The minimum atomic E-state index is 0.0994. The number of piperazine rings is 1. The first-order chi connectivity index (χ1) is 14.1. The van der Waals surface area contributed by atoms with E-state index in [9.17, 15) is 4.79 Å². The maximum Gasteiger partial charge on any atom is 0.270 e. The third-order valence-corrected chi connectivity index (χ3v) is 5.71. The van der Waals surface area contributed by atoms with Gasteiger partial charge in [0.05, 0.1) is 14.2 Å². The van der Waals surface area contributed by atoms with Crippen molar-refractivity contribution < 1.29 is 14.3 Å². The standard InChI is InChI=1S/C23H27N3O3/c1-24-20-7-5-4-6-17(20)15-21(24)23(27)26-12-10-25(11-13-26)16-18-14-19(28-2)8-9-22(18)29-3/h4-9,14-15H,10-13,16H2,1-3H3. The van der Waals surface area contributed by atoms with Crippen LogP contribution in [-0.4, -0.2) is 60.7 Å². The molecule has 29 heavy (non-hydrogen) atoms. The number of amides is 1. The predicted octanol–water partition coefficient (Wildman–Crippen LogP) is 3.15. The van der Waals surface area contributed by atoms with Gasteiger partial charge in [-0.15, -0.1) is 0 Å². The highest BCUT2D eigenvalue weighted by Gasteiger charge is 2.25. The third kappa shape index (κ3) is 3.80. The summed E-state index contributed by atoms with van der Waals surface area (Å²) >= 11 is 0. The number of para-hydroxylation sites is 1. The Bertz CT molecular complexity index is 1020. The van der Waals surface area contributed by atoms with Crippen LogP contribution in [0.1, 0.15) is 16.1 Å². The first kappa shape index (κ1) is 19.3. The van der Waals surface area contributed by atoms with Gasteiger partial charge < -0.3 is 18.9 Å². The van der Waals surface area contributed by atoms with Crippen molar-refractivity contribution in [2.45, 2.75) is 6.54 Å². The van der Waals surface area contributed by atoms with Crippen molar-refractivity contribution in [3.63, 3.8) is 0 Å². The molecule has 1 saturated heterocycles. The smallest absolute Gasteiger partial charge is 0.270 e. The molecule has 152 valence electrons. The van der Waals surface area contributed by atoms with Crippen LogP contribution in [0.2, 0.25) is 0 Å². The number of methoxy groups -OCH3 is 2. The van der Waals surface area contributed by atoms with E-state index in [0.717, 1.165) is 53.3 Å². The monoisotopic (exact) mass is 393 g/mol. The summed E-state index contributed by atoms with van der Waals surface area (Å²) in [6, 6.07) is 16.0. The van der Waals surface area contributed by atoms with Gasteiger partial charge in [-0.2, -0.15) is 0 Å². The maximum atomic E-state index is 13.1. The van der Waals surface area contributed by atoms with Gasteiger partial charge >= 0.3 is 0 Å². The summed E-state index contributed by atoms with van der Waals surface area (Å²) in [5.74, 6) is 1.78. The molecular formula is C23H27N3O3. The lowest BCUT2D eigenvalue weighted by Gasteiger charge is -2.35. The molecule has 4 rings (SSSR count). The fourth-order valence-electron chi connectivity index (χ4n) is 4.01. The van der Waals surface area contributed by atoms with E-state index in [4.69, 9.17) is 9.47 Å². The Morgan fingerprint density at radius 1 is 0.966 bits per heavy atom. The van der Waals surface area contributed by atoms with Gasteiger partial charge in [0, 0.05) is 56.2 Å². The molecule has 2 heterocycles. The fourth-order valence-corrected chi connectivity index (χ4v) is 4.01. The molecule has 2 aromatic carbocycles. The number of carbonyl (C=O) groups excluding carboxylic acids is 1. The Hall–Kier alpha value is -2.99. The second kappa shape index (κ2) is 8.17. The van der Waals surface area contributed by atoms with Crippen molar-refractivity contribution in [1.82, 2.24) is 14.4 Å². The number of ether oxygens (including phenoxy) is 2. The highest BCUT2D eigenvalue weighted by molar-refractivity contribution is 5.98. The van der Waals surface area contributed by atoms with Crippen molar-refractivity contribution in [3.8, 4) is 11.5 Å². The summed E-state index contributed by atoms with van der Waals surface area (Å²) in [6.45, 7) is 3.86. The maximum absolute atomic E-state index is 13.1. The van der Waals surface area contributed by atoms with Crippen LogP contribution in [0, 0.1) is 0 Å². The van der Waals surface area contributed by atoms with Gasteiger partial charge in [-0.05, 0) is 30.3 Å². The highest BCUT2D eigenvalue weighted by Crippen LogP contribution is 2.26. The van der Waals surface area contributed by atoms with Gasteiger partial charge in [0.25, 0.3) is 5.91 Å². The van der Waals surface area contributed by atoms with Crippen molar-refractivity contribution >= 4 is 16.8 Å².